The Hall–Kier alpha value is -7.02. The third-order valence-corrected chi connectivity index (χ3v) is 10.5. The zero-order chi connectivity index (χ0) is 45.8. The number of primary amides is 1. The van der Waals surface area contributed by atoms with Crippen LogP contribution in [0.4, 0.5) is 31.7 Å². The molecule has 1 atom stereocenters. The molecule has 2 aliphatic rings. The molecule has 6 rings (SSSR count). The highest BCUT2D eigenvalue weighted by atomic mass is 32.2. The molecule has 0 bridgehead atoms. The van der Waals surface area contributed by atoms with Crippen molar-refractivity contribution < 1.29 is 64.9 Å². The number of ether oxygens (including phenoxy) is 4. The van der Waals surface area contributed by atoms with Crippen molar-refractivity contribution in [2.24, 2.45) is 5.73 Å². The van der Waals surface area contributed by atoms with Crippen molar-refractivity contribution in [3.63, 3.8) is 0 Å². The number of sulfonamides is 1. The molecule has 2 aliphatic heterocycles. The average molecular weight is 912 g/mol. The van der Waals surface area contributed by atoms with E-state index in [4.69, 9.17) is 24.7 Å². The molecule has 1 fully saturated rings. The van der Waals surface area contributed by atoms with Gasteiger partial charge in [0.2, 0.25) is 17.7 Å². The Morgan fingerprint density at radius 1 is 0.891 bits per heavy atom. The number of carbonyl (C=O) groups is 6. The van der Waals surface area contributed by atoms with Crippen LogP contribution in [0.25, 0.3) is 11.3 Å². The molecule has 64 heavy (non-hydrogen) atoms. The molecule has 0 saturated carbocycles. The van der Waals surface area contributed by atoms with Gasteiger partial charge in [-0.1, -0.05) is 24.3 Å². The average Bonchev–Trinajstić information content (AvgIpc) is 3.83. The first-order valence-electron chi connectivity index (χ1n) is 19.5. The van der Waals surface area contributed by atoms with Gasteiger partial charge in [0.1, 0.15) is 24.0 Å². The number of halogens is 2. The van der Waals surface area contributed by atoms with E-state index in [2.05, 4.69) is 31.5 Å². The van der Waals surface area contributed by atoms with Gasteiger partial charge in [0.05, 0.1) is 38.7 Å². The van der Waals surface area contributed by atoms with Gasteiger partial charge in [0, 0.05) is 59.3 Å². The number of rotatable bonds is 23. The van der Waals surface area contributed by atoms with Crippen LogP contribution in [0.5, 0.6) is 5.75 Å². The van der Waals surface area contributed by atoms with Crippen molar-refractivity contribution in [2.75, 3.05) is 68.1 Å². The van der Waals surface area contributed by atoms with Crippen molar-refractivity contribution in [2.45, 2.75) is 31.2 Å². The molecule has 1 aromatic heterocycles. The molecule has 3 heterocycles. The minimum absolute atomic E-state index is 0.0369. The van der Waals surface area contributed by atoms with Gasteiger partial charge in [-0.05, 0) is 42.8 Å². The van der Waals surface area contributed by atoms with Crippen molar-refractivity contribution in [1.29, 1.82) is 0 Å². The lowest BCUT2D eigenvalue weighted by Crippen LogP contribution is -2.52. The van der Waals surface area contributed by atoms with Crippen molar-refractivity contribution in [3.05, 3.63) is 83.4 Å². The van der Waals surface area contributed by atoms with Gasteiger partial charge in [-0.15, -0.1) is 0 Å². The zero-order valence-corrected chi connectivity index (χ0v) is 34.6. The highest BCUT2D eigenvalue weighted by Gasteiger charge is 2.40. The molecule has 0 radical (unpaired) electrons. The first-order valence-corrected chi connectivity index (χ1v) is 21.1. The Balaban J connectivity index is 0.826. The highest BCUT2D eigenvalue weighted by molar-refractivity contribution is 7.93. The number of nitrogens with two attached hydrogens (primary N) is 1. The summed E-state index contributed by atoms with van der Waals surface area (Å²) >= 11 is 0. The number of hydrogen-bond donors (Lipinski definition) is 7. The number of alkyl halides is 2. The van der Waals surface area contributed by atoms with Crippen LogP contribution in [-0.2, 0) is 50.0 Å². The Kier molecular flexibility index (Phi) is 15.5. The summed E-state index contributed by atoms with van der Waals surface area (Å²) in [5, 5.41) is 17.4. The molecular formula is C40H43F2N9O12S. The topological polar surface area (TPSA) is 292 Å². The van der Waals surface area contributed by atoms with E-state index in [9.17, 15) is 46.0 Å². The van der Waals surface area contributed by atoms with E-state index >= 15 is 0 Å². The number of carbonyl (C=O) groups excluding carboxylic acids is 6. The fourth-order valence-corrected chi connectivity index (χ4v) is 7.11. The minimum atomic E-state index is -4.87. The molecule has 1 saturated heterocycles. The van der Waals surface area contributed by atoms with E-state index in [1.54, 1.807) is 47.2 Å². The number of amides is 6. The van der Waals surface area contributed by atoms with Crippen LogP contribution in [0.3, 0.4) is 0 Å². The van der Waals surface area contributed by atoms with Gasteiger partial charge in [0.15, 0.2) is 12.4 Å². The summed E-state index contributed by atoms with van der Waals surface area (Å²) in [6.45, 7) is 0.694. The lowest BCUT2D eigenvalue weighted by atomic mass is 10.0. The fraction of sp³-hybridized carbons (Fsp3) is 0.325. The normalized spacial score (nSPS) is 14.8. The van der Waals surface area contributed by atoms with Crippen LogP contribution in [0.2, 0.25) is 0 Å². The smallest absolute Gasteiger partial charge is 0.355 e. The standard InChI is InChI=1S/C40H43F2N9O12S/c41-40(42)64(58,59)50-24-9-7-23(8-10-24)35-34(36(43)55)37(49-48-35)45-25-3-1-4-26(19-25)63-22-32(53)44-13-14-60-15-16-61-17-18-62-21-33(54)46-29-6-2-5-27-28(29)20-51(39(27)57)30-11-12-31(52)47-38(30)56/h1-10,19,30,40,50H,11-18,20-22H2,(H2,43,55)(H,44,53)(H,46,54)(H2,45,48,49)(H,47,52,56). The summed E-state index contributed by atoms with van der Waals surface area (Å²) in [5.74, 6) is -6.21. The van der Waals surface area contributed by atoms with Gasteiger partial charge < -0.3 is 45.5 Å². The number of piperidine rings is 1. The molecule has 21 nitrogen and oxygen atoms in total. The molecule has 6 amide bonds. The number of H-pyrrole nitrogens is 1. The predicted molar refractivity (Wildman–Crippen MR) is 223 cm³/mol. The summed E-state index contributed by atoms with van der Waals surface area (Å²) in [6, 6.07) is 15.8. The summed E-state index contributed by atoms with van der Waals surface area (Å²) in [5.41, 5.74) is 7.82. The summed E-state index contributed by atoms with van der Waals surface area (Å²) in [7, 11) is -4.87. The molecule has 0 aliphatic carbocycles. The first-order chi connectivity index (χ1) is 30.7. The lowest BCUT2D eigenvalue weighted by Gasteiger charge is -2.29. The second kappa shape index (κ2) is 21.4. The SMILES string of the molecule is NC(=O)c1c(Nc2cccc(OCC(=O)NCCOCCOCCOCC(=O)Nc3cccc4c3CN(C3CCC(=O)NC3=O)C4=O)c2)n[nH]c1-c1ccc(NS(=O)(=O)C(F)F)cc1. The van der Waals surface area contributed by atoms with Gasteiger partial charge >= 0.3 is 5.76 Å². The molecule has 4 aromatic rings. The van der Waals surface area contributed by atoms with E-state index in [-0.39, 0.29) is 107 Å². The van der Waals surface area contributed by atoms with Gasteiger partial charge in [-0.3, -0.25) is 43.9 Å². The van der Waals surface area contributed by atoms with E-state index in [1.165, 1.54) is 29.2 Å². The Labute approximate surface area is 363 Å². The Morgan fingerprint density at radius 2 is 1.61 bits per heavy atom. The number of hydrogen-bond acceptors (Lipinski definition) is 14. The van der Waals surface area contributed by atoms with Crippen LogP contribution >= 0.6 is 0 Å². The molecule has 8 N–H and O–H groups in total. The van der Waals surface area contributed by atoms with E-state index in [0.717, 1.165) is 0 Å². The number of fused-ring (bicyclic) bond motifs is 1. The van der Waals surface area contributed by atoms with Crippen LogP contribution < -0.4 is 36.5 Å². The number of aromatic amines is 1. The second-order valence-electron chi connectivity index (χ2n) is 14.0. The molecular weight excluding hydrogens is 869 g/mol. The maximum absolute atomic E-state index is 13.0. The quantitative estimate of drug-likeness (QED) is 0.0413. The molecule has 340 valence electrons. The largest absolute Gasteiger partial charge is 0.484 e. The molecule has 24 heteroatoms. The number of benzene rings is 3. The summed E-state index contributed by atoms with van der Waals surface area (Å²) in [4.78, 5) is 75.6. The predicted octanol–water partition coefficient (Wildman–Crippen LogP) is 1.83. The van der Waals surface area contributed by atoms with Gasteiger partial charge in [-0.2, -0.15) is 13.9 Å². The number of nitrogens with zero attached hydrogens (tertiary/aromatic N) is 2. The first kappa shape index (κ1) is 46.5. The van der Waals surface area contributed by atoms with Crippen LogP contribution in [-0.4, -0.2) is 124 Å². The third kappa shape index (κ3) is 12.1. The highest BCUT2D eigenvalue weighted by Crippen LogP contribution is 2.33. The molecule has 1 unspecified atom stereocenters. The molecule has 3 aromatic carbocycles. The monoisotopic (exact) mass is 911 g/mol. The van der Waals surface area contributed by atoms with Crippen LogP contribution in [0, 0.1) is 0 Å². The van der Waals surface area contributed by atoms with Gasteiger partial charge in [0.25, 0.3) is 27.7 Å². The van der Waals surface area contributed by atoms with E-state index < -0.39 is 45.5 Å². The number of aromatic nitrogens is 2. The summed E-state index contributed by atoms with van der Waals surface area (Å²) < 4.78 is 72.1. The van der Waals surface area contributed by atoms with Crippen molar-refractivity contribution in [1.82, 2.24) is 25.7 Å². The minimum Gasteiger partial charge on any atom is -0.484 e. The zero-order valence-electron chi connectivity index (χ0n) is 33.8. The van der Waals surface area contributed by atoms with E-state index in [0.29, 0.717) is 33.8 Å². The number of nitrogens with one attached hydrogen (secondary N) is 6. The fourth-order valence-electron chi connectivity index (χ4n) is 6.55. The lowest BCUT2D eigenvalue weighted by molar-refractivity contribution is -0.137. The van der Waals surface area contributed by atoms with Crippen LogP contribution in [0.1, 0.15) is 39.1 Å². The molecule has 0 spiro atoms. The number of imide groups is 1. The summed E-state index contributed by atoms with van der Waals surface area (Å²) in [6.07, 6.45) is 0.362. The maximum atomic E-state index is 13.0. The van der Waals surface area contributed by atoms with Crippen molar-refractivity contribution in [3.8, 4) is 17.0 Å². The second-order valence-corrected chi connectivity index (χ2v) is 15.7. The van der Waals surface area contributed by atoms with Crippen LogP contribution in [0.15, 0.2) is 66.7 Å². The Bertz CT molecular complexity index is 2490. The number of anilines is 4. The van der Waals surface area contributed by atoms with Crippen molar-refractivity contribution >= 4 is 68.3 Å². The van der Waals surface area contributed by atoms with Gasteiger partial charge in [-0.25, -0.2) is 8.42 Å². The van der Waals surface area contributed by atoms with E-state index in [1.807, 2.05) is 0 Å². The third-order valence-electron chi connectivity index (χ3n) is 9.55. The Morgan fingerprint density at radius 3 is 2.33 bits per heavy atom. The maximum Gasteiger partial charge on any atom is 0.355 e.